The lowest BCUT2D eigenvalue weighted by molar-refractivity contribution is 0.0722. The molecule has 1 aliphatic rings. The van der Waals surface area contributed by atoms with Crippen molar-refractivity contribution in [3.8, 4) is 0 Å². The zero-order valence-electron chi connectivity index (χ0n) is 12.6. The fraction of sp³-hybridized carbons (Fsp3) is 0.235. The van der Waals surface area contributed by atoms with E-state index in [2.05, 4.69) is 30.9 Å². The van der Waals surface area contributed by atoms with Gasteiger partial charge in [-0.25, -0.2) is 4.98 Å². The molecule has 0 aliphatic carbocycles. The summed E-state index contributed by atoms with van der Waals surface area (Å²) in [6.07, 6.45) is 2.59. The average Bonchev–Trinajstić information content (AvgIpc) is 3.02. The highest BCUT2D eigenvalue weighted by Gasteiger charge is 2.24. The van der Waals surface area contributed by atoms with Gasteiger partial charge in [0, 0.05) is 35.9 Å². The van der Waals surface area contributed by atoms with E-state index in [9.17, 15) is 4.79 Å². The minimum Gasteiger partial charge on any atom is -0.334 e. The summed E-state index contributed by atoms with van der Waals surface area (Å²) in [5.74, 6) is 0.333. The van der Waals surface area contributed by atoms with Crippen LogP contribution in [0, 0.1) is 6.92 Å². The van der Waals surface area contributed by atoms with Gasteiger partial charge < -0.3 is 9.88 Å². The van der Waals surface area contributed by atoms with Crippen molar-refractivity contribution in [2.45, 2.75) is 19.9 Å². The average molecular weight is 371 g/mol. The second-order valence-electron chi connectivity index (χ2n) is 5.74. The molecule has 0 saturated carbocycles. The van der Waals surface area contributed by atoms with Crippen LogP contribution in [0.5, 0.6) is 0 Å². The number of imidazole rings is 1. The van der Waals surface area contributed by atoms with E-state index in [0.29, 0.717) is 18.9 Å². The summed E-state index contributed by atoms with van der Waals surface area (Å²) < 4.78 is 0.994. The number of carbonyl (C=O) groups excluding carboxylic acids is 1. The zero-order chi connectivity index (χ0) is 16.0. The topological polar surface area (TPSA) is 61.9 Å². The Labute approximate surface area is 141 Å². The van der Waals surface area contributed by atoms with Gasteiger partial charge in [-0.15, -0.1) is 0 Å². The predicted octanol–water partition coefficient (Wildman–Crippen LogP) is 3.23. The number of nitrogens with one attached hydrogen (secondary N) is 1. The fourth-order valence-corrected chi connectivity index (χ4v) is 3.30. The van der Waals surface area contributed by atoms with Crippen LogP contribution in [0.25, 0.3) is 11.0 Å². The zero-order valence-corrected chi connectivity index (χ0v) is 14.2. The molecule has 0 bridgehead atoms. The molecule has 5 nitrogen and oxygen atoms in total. The molecule has 4 rings (SSSR count). The molecular weight excluding hydrogens is 356 g/mol. The Morgan fingerprint density at radius 2 is 2.22 bits per heavy atom. The van der Waals surface area contributed by atoms with Gasteiger partial charge in [-0.05, 0) is 36.2 Å². The lowest BCUT2D eigenvalue weighted by Gasteiger charge is -2.27. The summed E-state index contributed by atoms with van der Waals surface area (Å²) in [4.78, 5) is 26.6. The highest BCUT2D eigenvalue weighted by Crippen LogP contribution is 2.25. The van der Waals surface area contributed by atoms with E-state index >= 15 is 0 Å². The molecule has 1 aliphatic heterocycles. The summed E-state index contributed by atoms with van der Waals surface area (Å²) in [5.41, 5.74) is 4.95. The monoisotopic (exact) mass is 370 g/mol. The number of carbonyl (C=O) groups is 1. The number of hydrogen-bond acceptors (Lipinski definition) is 3. The van der Waals surface area contributed by atoms with Crippen LogP contribution in [-0.4, -0.2) is 32.3 Å². The number of amides is 1. The second-order valence-corrected chi connectivity index (χ2v) is 6.59. The summed E-state index contributed by atoms with van der Waals surface area (Å²) in [5, 5.41) is 0. The second kappa shape index (κ2) is 5.45. The SMILES string of the molecule is Cc1c(Br)ccc2[nH]c(C(=O)N3CCc4ncccc4C3)nc12. The molecule has 1 aromatic carbocycles. The van der Waals surface area contributed by atoms with E-state index < -0.39 is 0 Å². The molecule has 0 spiro atoms. The van der Waals surface area contributed by atoms with Crippen molar-refractivity contribution in [1.29, 1.82) is 0 Å². The Kier molecular flexibility index (Phi) is 3.41. The highest BCUT2D eigenvalue weighted by molar-refractivity contribution is 9.10. The van der Waals surface area contributed by atoms with Crippen LogP contribution in [0.3, 0.4) is 0 Å². The van der Waals surface area contributed by atoms with Gasteiger partial charge in [-0.2, -0.15) is 0 Å². The lowest BCUT2D eigenvalue weighted by atomic mass is 10.1. The molecule has 0 unspecified atom stereocenters. The Hall–Kier alpha value is -2.21. The van der Waals surface area contributed by atoms with Gasteiger partial charge in [0.05, 0.1) is 11.0 Å². The summed E-state index contributed by atoms with van der Waals surface area (Å²) in [7, 11) is 0. The summed E-state index contributed by atoms with van der Waals surface area (Å²) in [6, 6.07) is 7.84. The normalized spacial score (nSPS) is 14.1. The molecule has 0 saturated heterocycles. The molecule has 2 aromatic heterocycles. The number of rotatable bonds is 1. The lowest BCUT2D eigenvalue weighted by Crippen LogP contribution is -2.36. The first kappa shape index (κ1) is 14.4. The Morgan fingerprint density at radius 3 is 3.09 bits per heavy atom. The van der Waals surface area contributed by atoms with Crippen molar-refractivity contribution in [2.75, 3.05) is 6.54 Å². The van der Waals surface area contributed by atoms with Crippen LogP contribution in [0.1, 0.15) is 27.4 Å². The maximum atomic E-state index is 12.8. The Bertz CT molecular complexity index is 918. The Balaban J connectivity index is 1.66. The van der Waals surface area contributed by atoms with E-state index in [-0.39, 0.29) is 5.91 Å². The van der Waals surface area contributed by atoms with E-state index in [1.54, 1.807) is 6.20 Å². The van der Waals surface area contributed by atoms with Gasteiger partial charge in [-0.1, -0.05) is 22.0 Å². The third-order valence-corrected chi connectivity index (χ3v) is 5.15. The molecular formula is C17H15BrN4O. The van der Waals surface area contributed by atoms with Crippen LogP contribution in [0.15, 0.2) is 34.9 Å². The number of aromatic amines is 1. The standard InChI is InChI=1S/C17H15BrN4O/c1-10-12(18)4-5-14-15(10)21-16(20-14)17(23)22-8-6-13-11(9-22)3-2-7-19-13/h2-5,7H,6,8-9H2,1H3,(H,20,21). The summed E-state index contributed by atoms with van der Waals surface area (Å²) in [6.45, 7) is 3.24. The first-order chi connectivity index (χ1) is 11.1. The minimum atomic E-state index is -0.0637. The third-order valence-electron chi connectivity index (χ3n) is 4.30. The molecule has 0 radical (unpaired) electrons. The minimum absolute atomic E-state index is 0.0637. The van der Waals surface area contributed by atoms with E-state index in [1.807, 2.05) is 36.1 Å². The van der Waals surface area contributed by atoms with Crippen molar-refractivity contribution in [3.05, 3.63) is 57.6 Å². The molecule has 1 amide bonds. The molecule has 1 N–H and O–H groups in total. The Morgan fingerprint density at radius 1 is 1.35 bits per heavy atom. The third kappa shape index (κ3) is 2.43. The predicted molar refractivity (Wildman–Crippen MR) is 91.2 cm³/mol. The van der Waals surface area contributed by atoms with Crippen molar-refractivity contribution >= 4 is 32.9 Å². The smallest absolute Gasteiger partial charge is 0.289 e. The van der Waals surface area contributed by atoms with Gasteiger partial charge in [0.25, 0.3) is 5.91 Å². The largest absolute Gasteiger partial charge is 0.334 e. The number of H-pyrrole nitrogens is 1. The number of halogens is 1. The first-order valence-electron chi connectivity index (χ1n) is 7.50. The van der Waals surface area contributed by atoms with Crippen LogP contribution in [0.4, 0.5) is 0 Å². The maximum Gasteiger partial charge on any atom is 0.289 e. The van der Waals surface area contributed by atoms with Crippen molar-refractivity contribution in [1.82, 2.24) is 19.9 Å². The maximum absolute atomic E-state index is 12.8. The van der Waals surface area contributed by atoms with E-state index in [0.717, 1.165) is 38.7 Å². The van der Waals surface area contributed by atoms with Crippen molar-refractivity contribution < 1.29 is 4.79 Å². The highest BCUT2D eigenvalue weighted by atomic mass is 79.9. The molecule has 0 fully saturated rings. The molecule has 116 valence electrons. The van der Waals surface area contributed by atoms with Gasteiger partial charge >= 0.3 is 0 Å². The molecule has 23 heavy (non-hydrogen) atoms. The first-order valence-corrected chi connectivity index (χ1v) is 8.29. The molecule has 3 aromatic rings. The summed E-state index contributed by atoms with van der Waals surface area (Å²) >= 11 is 3.50. The fourth-order valence-electron chi connectivity index (χ4n) is 2.98. The number of benzene rings is 1. The number of aromatic nitrogens is 3. The van der Waals surface area contributed by atoms with E-state index in [4.69, 9.17) is 0 Å². The van der Waals surface area contributed by atoms with Crippen molar-refractivity contribution in [3.63, 3.8) is 0 Å². The van der Waals surface area contributed by atoms with Crippen LogP contribution >= 0.6 is 15.9 Å². The number of fused-ring (bicyclic) bond motifs is 2. The number of aryl methyl sites for hydroxylation is 1. The van der Waals surface area contributed by atoms with Gasteiger partial charge in [0.2, 0.25) is 0 Å². The van der Waals surface area contributed by atoms with E-state index in [1.165, 1.54) is 0 Å². The van der Waals surface area contributed by atoms with Crippen LogP contribution in [0.2, 0.25) is 0 Å². The molecule has 6 heteroatoms. The number of nitrogens with zero attached hydrogens (tertiary/aromatic N) is 3. The van der Waals surface area contributed by atoms with Gasteiger partial charge in [-0.3, -0.25) is 9.78 Å². The molecule has 3 heterocycles. The van der Waals surface area contributed by atoms with Gasteiger partial charge in [0.1, 0.15) is 0 Å². The number of pyridine rings is 1. The number of hydrogen-bond donors (Lipinski definition) is 1. The van der Waals surface area contributed by atoms with Crippen LogP contribution < -0.4 is 0 Å². The van der Waals surface area contributed by atoms with Crippen LogP contribution in [-0.2, 0) is 13.0 Å². The quantitative estimate of drug-likeness (QED) is 0.715. The molecule has 0 atom stereocenters. The van der Waals surface area contributed by atoms with Crippen molar-refractivity contribution in [2.24, 2.45) is 0 Å². The van der Waals surface area contributed by atoms with Gasteiger partial charge in [0.15, 0.2) is 5.82 Å².